The number of benzene rings is 1. The number of aryl methyl sites for hydroxylation is 1. The van der Waals surface area contributed by atoms with Gasteiger partial charge < -0.3 is 15.2 Å². The van der Waals surface area contributed by atoms with Gasteiger partial charge in [-0.05, 0) is 31.1 Å². The minimum Gasteiger partial charge on any atom is -0.354 e. The molecule has 28 heavy (non-hydrogen) atoms. The number of nitrogens with one attached hydrogen (secondary N) is 2. The Morgan fingerprint density at radius 2 is 2.04 bits per heavy atom. The van der Waals surface area contributed by atoms with Crippen molar-refractivity contribution >= 4 is 17.6 Å². The second-order valence-corrected chi connectivity index (χ2v) is 7.26. The molecule has 2 aromatic rings. The fourth-order valence-electron chi connectivity index (χ4n) is 3.76. The summed E-state index contributed by atoms with van der Waals surface area (Å²) in [7, 11) is 1.78. The zero-order valence-corrected chi connectivity index (χ0v) is 17.7. The number of aliphatic imine (C=N–C) groups is 1. The molecule has 0 fully saturated rings. The fraction of sp³-hybridized carbons (Fsp3) is 0.550. The van der Waals surface area contributed by atoms with Crippen LogP contribution in [0.2, 0.25) is 5.02 Å². The highest BCUT2D eigenvalue weighted by Gasteiger charge is 2.21. The number of hydrogen-bond donors (Lipinski definition) is 2. The van der Waals surface area contributed by atoms with Gasteiger partial charge in [0.1, 0.15) is 5.82 Å². The predicted molar refractivity (Wildman–Crippen MR) is 114 cm³/mol. The molecule has 0 amide bonds. The molecule has 0 radical (unpaired) electrons. The van der Waals surface area contributed by atoms with Crippen LogP contribution in [0.5, 0.6) is 0 Å². The molecule has 2 N–H and O–H groups in total. The van der Waals surface area contributed by atoms with Crippen LogP contribution in [0.4, 0.5) is 0 Å². The van der Waals surface area contributed by atoms with E-state index in [1.165, 1.54) is 0 Å². The maximum absolute atomic E-state index is 6.49. The number of halogens is 1. The minimum absolute atomic E-state index is 0.166. The van der Waals surface area contributed by atoms with Gasteiger partial charge in [0.15, 0.2) is 11.8 Å². The van der Waals surface area contributed by atoms with Gasteiger partial charge in [-0.3, -0.25) is 9.89 Å². The third kappa shape index (κ3) is 4.64. The number of aromatic nitrogens is 3. The van der Waals surface area contributed by atoms with Crippen LogP contribution in [0.1, 0.15) is 43.5 Å². The molecule has 152 valence electrons. The Balaban J connectivity index is 1.64. The summed E-state index contributed by atoms with van der Waals surface area (Å²) < 4.78 is 2.20. The molecule has 0 spiro atoms. The lowest BCUT2D eigenvalue weighted by atomic mass is 10.0. The second kappa shape index (κ2) is 9.89. The first-order chi connectivity index (χ1) is 13.7. The Morgan fingerprint density at radius 3 is 2.75 bits per heavy atom. The summed E-state index contributed by atoms with van der Waals surface area (Å²) in [4.78, 5) is 6.76. The van der Waals surface area contributed by atoms with Crippen molar-refractivity contribution in [2.45, 2.75) is 45.8 Å². The molecule has 1 aliphatic rings. The number of fused-ring (bicyclic) bond motifs is 1. The van der Waals surface area contributed by atoms with Crippen molar-refractivity contribution in [1.29, 1.82) is 0 Å². The van der Waals surface area contributed by atoms with Crippen molar-refractivity contribution in [1.82, 2.24) is 30.3 Å². The zero-order valence-electron chi connectivity index (χ0n) is 17.0. The highest BCUT2D eigenvalue weighted by atomic mass is 35.5. The van der Waals surface area contributed by atoms with E-state index >= 15 is 0 Å². The van der Waals surface area contributed by atoms with E-state index in [2.05, 4.69) is 55.2 Å². The van der Waals surface area contributed by atoms with Crippen LogP contribution in [-0.4, -0.2) is 52.3 Å². The average Bonchev–Trinajstić information content (AvgIpc) is 3.32. The Bertz CT molecular complexity index is 798. The average molecular weight is 404 g/mol. The van der Waals surface area contributed by atoms with E-state index < -0.39 is 0 Å². The first-order valence-corrected chi connectivity index (χ1v) is 10.4. The number of guanidine groups is 1. The summed E-state index contributed by atoms with van der Waals surface area (Å²) >= 11 is 6.49. The Hall–Kier alpha value is -2.12. The van der Waals surface area contributed by atoms with E-state index in [1.54, 1.807) is 7.05 Å². The topological polar surface area (TPSA) is 70.4 Å². The van der Waals surface area contributed by atoms with Crippen molar-refractivity contribution in [3.63, 3.8) is 0 Å². The van der Waals surface area contributed by atoms with Crippen molar-refractivity contribution < 1.29 is 0 Å². The van der Waals surface area contributed by atoms with Crippen molar-refractivity contribution in [2.75, 3.05) is 26.7 Å². The van der Waals surface area contributed by atoms with E-state index in [0.29, 0.717) is 13.1 Å². The van der Waals surface area contributed by atoms with Crippen LogP contribution in [0.15, 0.2) is 29.3 Å². The molecule has 0 saturated carbocycles. The first-order valence-electron chi connectivity index (χ1n) is 10.0. The second-order valence-electron chi connectivity index (χ2n) is 6.85. The summed E-state index contributed by atoms with van der Waals surface area (Å²) in [5, 5.41) is 16.2. The van der Waals surface area contributed by atoms with Gasteiger partial charge >= 0.3 is 0 Å². The Kier molecular flexibility index (Phi) is 7.28. The molecule has 0 saturated heterocycles. The third-order valence-corrected chi connectivity index (χ3v) is 5.65. The molecule has 1 aromatic heterocycles. The molecule has 8 heteroatoms. The highest BCUT2D eigenvalue weighted by Crippen LogP contribution is 2.26. The molecule has 1 aromatic carbocycles. The molecule has 1 unspecified atom stereocenters. The number of likely N-dealkylation sites (N-methyl/N-ethyl adjacent to an activating group) is 1. The smallest absolute Gasteiger partial charge is 0.191 e. The molecule has 2 heterocycles. The maximum atomic E-state index is 6.49. The van der Waals surface area contributed by atoms with Gasteiger partial charge in [-0.2, -0.15) is 0 Å². The van der Waals surface area contributed by atoms with Crippen LogP contribution >= 0.6 is 11.6 Å². The lowest BCUT2D eigenvalue weighted by molar-refractivity contribution is 0.219. The number of nitrogens with zero attached hydrogens (tertiary/aromatic N) is 5. The van der Waals surface area contributed by atoms with Crippen molar-refractivity contribution in [3.8, 4) is 0 Å². The minimum atomic E-state index is 0.166. The summed E-state index contributed by atoms with van der Waals surface area (Å²) in [6, 6.07) is 8.22. The van der Waals surface area contributed by atoms with Gasteiger partial charge in [0.05, 0.1) is 12.6 Å². The van der Waals surface area contributed by atoms with Crippen LogP contribution in [0, 0.1) is 0 Å². The fourth-order valence-corrected chi connectivity index (χ4v) is 4.03. The highest BCUT2D eigenvalue weighted by molar-refractivity contribution is 6.31. The molecule has 7 nitrogen and oxygen atoms in total. The lowest BCUT2D eigenvalue weighted by Gasteiger charge is -2.31. The summed E-state index contributed by atoms with van der Waals surface area (Å²) in [5.74, 6) is 2.79. The van der Waals surface area contributed by atoms with Crippen LogP contribution < -0.4 is 10.6 Å². The SMILES string of the molecule is CCN(CC)C(CNC(=NC)NCc1nnc2n1CCC2)c1ccccc1Cl. The summed E-state index contributed by atoms with van der Waals surface area (Å²) in [6.07, 6.45) is 2.16. The third-order valence-electron chi connectivity index (χ3n) is 5.30. The number of hydrogen-bond acceptors (Lipinski definition) is 4. The van der Waals surface area contributed by atoms with E-state index in [-0.39, 0.29) is 6.04 Å². The van der Waals surface area contributed by atoms with Gasteiger partial charge in [-0.25, -0.2) is 0 Å². The molecular weight excluding hydrogens is 374 g/mol. The number of rotatable bonds is 8. The summed E-state index contributed by atoms with van der Waals surface area (Å²) in [6.45, 7) is 8.57. The monoisotopic (exact) mass is 403 g/mol. The quantitative estimate of drug-likeness (QED) is 0.523. The Morgan fingerprint density at radius 1 is 1.25 bits per heavy atom. The van der Waals surface area contributed by atoms with E-state index in [1.807, 2.05) is 18.2 Å². The van der Waals surface area contributed by atoms with Crippen LogP contribution in [0.25, 0.3) is 0 Å². The van der Waals surface area contributed by atoms with Crippen molar-refractivity contribution in [3.05, 3.63) is 46.5 Å². The molecule has 0 bridgehead atoms. The Labute approximate surface area is 172 Å². The van der Waals surface area contributed by atoms with Gasteiger partial charge in [-0.15, -0.1) is 10.2 Å². The first kappa shape index (κ1) is 20.6. The molecular formula is C20H30ClN7. The van der Waals surface area contributed by atoms with E-state index in [9.17, 15) is 0 Å². The normalized spacial score (nSPS) is 15.0. The van der Waals surface area contributed by atoms with Gasteiger partial charge in [0.2, 0.25) is 0 Å². The lowest BCUT2D eigenvalue weighted by Crippen LogP contribution is -2.43. The van der Waals surface area contributed by atoms with Gasteiger partial charge in [0.25, 0.3) is 0 Å². The van der Waals surface area contributed by atoms with Crippen molar-refractivity contribution in [2.24, 2.45) is 4.99 Å². The largest absolute Gasteiger partial charge is 0.354 e. The summed E-state index contributed by atoms with van der Waals surface area (Å²) in [5.41, 5.74) is 1.13. The molecule has 1 atom stereocenters. The van der Waals surface area contributed by atoms with Gasteiger partial charge in [-0.1, -0.05) is 43.6 Å². The van der Waals surface area contributed by atoms with Crippen LogP contribution in [0.3, 0.4) is 0 Å². The van der Waals surface area contributed by atoms with Gasteiger partial charge in [0, 0.05) is 31.6 Å². The molecule has 3 rings (SSSR count). The molecule has 1 aliphatic heterocycles. The standard InChI is InChI=1S/C20H30ClN7/c1-4-27(5-2)17(15-9-6-7-10-16(15)21)13-23-20(22-3)24-14-19-26-25-18-11-8-12-28(18)19/h6-7,9-10,17H,4-5,8,11-14H2,1-3H3,(H2,22,23,24). The van der Waals surface area contributed by atoms with Crippen LogP contribution in [-0.2, 0) is 19.5 Å². The zero-order chi connectivity index (χ0) is 19.9. The molecule has 0 aliphatic carbocycles. The maximum Gasteiger partial charge on any atom is 0.191 e. The predicted octanol–water partition coefficient (Wildman–Crippen LogP) is 2.63. The van der Waals surface area contributed by atoms with E-state index in [0.717, 1.165) is 60.7 Å². The van der Waals surface area contributed by atoms with E-state index in [4.69, 9.17) is 11.6 Å².